The zero-order valence-corrected chi connectivity index (χ0v) is 10.8. The van der Waals surface area contributed by atoms with Gasteiger partial charge in [-0.2, -0.15) is 0 Å². The van der Waals surface area contributed by atoms with E-state index in [4.69, 9.17) is 4.74 Å². The number of carbonyl (C=O) groups excluding carboxylic acids is 1. The second-order valence-electron chi connectivity index (χ2n) is 3.98. The summed E-state index contributed by atoms with van der Waals surface area (Å²) in [7, 11) is 3.22. The molecule has 0 aliphatic heterocycles. The first kappa shape index (κ1) is 13.0. The molecule has 0 aliphatic rings. The van der Waals surface area contributed by atoms with E-state index in [-0.39, 0.29) is 5.91 Å². The van der Waals surface area contributed by atoms with E-state index in [0.717, 1.165) is 5.56 Å². The zero-order chi connectivity index (χ0) is 13.7. The molecule has 2 heterocycles. The summed E-state index contributed by atoms with van der Waals surface area (Å²) < 4.78 is 6.58. The molecule has 0 aromatic carbocycles. The topological polar surface area (TPSA) is 81.9 Å². The Kier molecular flexibility index (Phi) is 4.07. The minimum absolute atomic E-state index is 0.207. The molecule has 19 heavy (non-hydrogen) atoms. The number of aromatic nitrogens is 4. The van der Waals surface area contributed by atoms with Gasteiger partial charge in [-0.15, -0.1) is 5.10 Å². The van der Waals surface area contributed by atoms with Gasteiger partial charge < -0.3 is 10.1 Å². The largest absolute Gasteiger partial charge is 0.479 e. The Labute approximate surface area is 110 Å². The average Bonchev–Trinajstić information content (AvgIpc) is 2.81. The standard InChI is InChI=1S/C12H15N5O2/c1-17-7-10(12(16-17)19-2)11(18)15-4-3-9-5-13-8-14-6-9/h5-8H,3-4H2,1-2H3,(H,15,18). The van der Waals surface area contributed by atoms with Crippen molar-refractivity contribution in [2.24, 2.45) is 7.05 Å². The van der Waals surface area contributed by atoms with Crippen LogP contribution in [0.1, 0.15) is 15.9 Å². The lowest BCUT2D eigenvalue weighted by Gasteiger charge is -2.04. The van der Waals surface area contributed by atoms with E-state index in [1.54, 1.807) is 30.3 Å². The summed E-state index contributed by atoms with van der Waals surface area (Å²) in [5, 5.41) is 6.84. The molecule has 0 radical (unpaired) electrons. The third kappa shape index (κ3) is 3.27. The van der Waals surface area contributed by atoms with Crippen molar-refractivity contribution in [1.82, 2.24) is 25.1 Å². The first-order valence-corrected chi connectivity index (χ1v) is 5.80. The summed E-state index contributed by atoms with van der Waals surface area (Å²) in [6, 6.07) is 0. The molecule has 0 spiro atoms. The molecule has 7 nitrogen and oxygen atoms in total. The lowest BCUT2D eigenvalue weighted by atomic mass is 10.2. The van der Waals surface area contributed by atoms with Crippen LogP contribution in [0.3, 0.4) is 0 Å². The predicted octanol–water partition coefficient (Wildman–Crippen LogP) is 0.191. The van der Waals surface area contributed by atoms with E-state index in [1.807, 2.05) is 0 Å². The molecule has 0 atom stereocenters. The van der Waals surface area contributed by atoms with Crippen LogP contribution >= 0.6 is 0 Å². The summed E-state index contributed by atoms with van der Waals surface area (Å²) in [6.45, 7) is 0.504. The number of nitrogens with one attached hydrogen (secondary N) is 1. The second-order valence-corrected chi connectivity index (χ2v) is 3.98. The number of hydrogen-bond acceptors (Lipinski definition) is 5. The molecular formula is C12H15N5O2. The fourth-order valence-electron chi connectivity index (χ4n) is 1.65. The number of aryl methyl sites for hydroxylation is 1. The number of rotatable bonds is 5. The zero-order valence-electron chi connectivity index (χ0n) is 10.8. The third-order valence-electron chi connectivity index (χ3n) is 2.55. The van der Waals surface area contributed by atoms with Crippen molar-refractivity contribution in [3.63, 3.8) is 0 Å². The van der Waals surface area contributed by atoms with Crippen LogP contribution in [-0.2, 0) is 13.5 Å². The van der Waals surface area contributed by atoms with Gasteiger partial charge in [-0.05, 0) is 12.0 Å². The molecule has 7 heteroatoms. The first-order valence-electron chi connectivity index (χ1n) is 5.80. The Morgan fingerprint density at radius 2 is 2.16 bits per heavy atom. The van der Waals surface area contributed by atoms with Gasteiger partial charge in [-0.25, -0.2) is 9.97 Å². The lowest BCUT2D eigenvalue weighted by Crippen LogP contribution is -2.25. The molecule has 0 saturated heterocycles. The first-order chi connectivity index (χ1) is 9.20. The van der Waals surface area contributed by atoms with Crippen molar-refractivity contribution in [2.75, 3.05) is 13.7 Å². The molecule has 0 bridgehead atoms. The molecular weight excluding hydrogens is 246 g/mol. The van der Waals surface area contributed by atoms with Crippen molar-refractivity contribution in [3.8, 4) is 5.88 Å². The molecule has 2 aromatic rings. The van der Waals surface area contributed by atoms with E-state index in [1.165, 1.54) is 13.4 Å². The van der Waals surface area contributed by atoms with Crippen molar-refractivity contribution < 1.29 is 9.53 Å². The predicted molar refractivity (Wildman–Crippen MR) is 67.8 cm³/mol. The van der Waals surface area contributed by atoms with E-state index < -0.39 is 0 Å². The summed E-state index contributed by atoms with van der Waals surface area (Å²) in [5.41, 5.74) is 1.40. The molecule has 0 unspecified atom stereocenters. The average molecular weight is 261 g/mol. The SMILES string of the molecule is COc1nn(C)cc1C(=O)NCCc1cncnc1. The third-order valence-corrected chi connectivity index (χ3v) is 2.55. The lowest BCUT2D eigenvalue weighted by molar-refractivity contribution is 0.0951. The van der Waals surface area contributed by atoms with Gasteiger partial charge >= 0.3 is 0 Å². The fourth-order valence-corrected chi connectivity index (χ4v) is 1.65. The van der Waals surface area contributed by atoms with Gasteiger partial charge in [0.1, 0.15) is 11.9 Å². The maximum absolute atomic E-state index is 12.0. The Bertz CT molecular complexity index is 553. The minimum atomic E-state index is -0.207. The van der Waals surface area contributed by atoms with Crippen LogP contribution in [0, 0.1) is 0 Å². The van der Waals surface area contributed by atoms with Crippen molar-refractivity contribution in [2.45, 2.75) is 6.42 Å². The van der Waals surface area contributed by atoms with Crippen LogP contribution < -0.4 is 10.1 Å². The van der Waals surface area contributed by atoms with Crippen molar-refractivity contribution in [3.05, 3.63) is 36.0 Å². The van der Waals surface area contributed by atoms with Gasteiger partial charge in [0.05, 0.1) is 7.11 Å². The Balaban J connectivity index is 1.91. The van der Waals surface area contributed by atoms with Gasteiger partial charge in [-0.1, -0.05) is 0 Å². The number of hydrogen-bond donors (Lipinski definition) is 1. The van der Waals surface area contributed by atoms with E-state index in [0.29, 0.717) is 24.4 Å². The van der Waals surface area contributed by atoms with Crippen molar-refractivity contribution in [1.29, 1.82) is 0 Å². The van der Waals surface area contributed by atoms with Gasteiger partial charge in [0.25, 0.3) is 5.91 Å². The van der Waals surface area contributed by atoms with Crippen LogP contribution in [-0.4, -0.2) is 39.3 Å². The molecule has 0 aliphatic carbocycles. The number of carbonyl (C=O) groups is 1. The van der Waals surface area contributed by atoms with E-state index in [9.17, 15) is 4.79 Å². The number of ether oxygens (including phenoxy) is 1. The molecule has 1 amide bonds. The highest BCUT2D eigenvalue weighted by molar-refractivity contribution is 5.96. The van der Waals surface area contributed by atoms with E-state index in [2.05, 4.69) is 20.4 Å². The highest BCUT2D eigenvalue weighted by atomic mass is 16.5. The van der Waals surface area contributed by atoms with Gasteiger partial charge in [0, 0.05) is 32.2 Å². The number of methoxy groups -OCH3 is 1. The molecule has 2 rings (SSSR count). The second kappa shape index (κ2) is 5.94. The van der Waals surface area contributed by atoms with E-state index >= 15 is 0 Å². The van der Waals surface area contributed by atoms with Gasteiger partial charge in [0.2, 0.25) is 5.88 Å². The molecule has 0 saturated carbocycles. The maximum Gasteiger partial charge on any atom is 0.258 e. The van der Waals surface area contributed by atoms with Gasteiger partial charge in [-0.3, -0.25) is 9.48 Å². The van der Waals surface area contributed by atoms with Crippen LogP contribution in [0.15, 0.2) is 24.9 Å². The minimum Gasteiger partial charge on any atom is -0.479 e. The molecule has 0 fully saturated rings. The highest BCUT2D eigenvalue weighted by Crippen LogP contribution is 2.14. The Morgan fingerprint density at radius 3 is 2.84 bits per heavy atom. The normalized spacial score (nSPS) is 10.2. The van der Waals surface area contributed by atoms with Crippen LogP contribution in [0.4, 0.5) is 0 Å². The van der Waals surface area contributed by atoms with Crippen molar-refractivity contribution >= 4 is 5.91 Å². The Morgan fingerprint density at radius 1 is 1.42 bits per heavy atom. The smallest absolute Gasteiger partial charge is 0.258 e. The molecule has 1 N–H and O–H groups in total. The van der Waals surface area contributed by atoms with Crippen LogP contribution in [0.5, 0.6) is 5.88 Å². The highest BCUT2D eigenvalue weighted by Gasteiger charge is 2.15. The van der Waals surface area contributed by atoms with Gasteiger partial charge in [0.15, 0.2) is 0 Å². The molecule has 100 valence electrons. The summed E-state index contributed by atoms with van der Waals surface area (Å²) in [4.78, 5) is 19.8. The number of nitrogens with zero attached hydrogens (tertiary/aromatic N) is 4. The number of amides is 1. The Hall–Kier alpha value is -2.44. The molecule has 2 aromatic heterocycles. The summed E-state index contributed by atoms with van der Waals surface area (Å²) in [6.07, 6.45) is 7.23. The van der Waals surface area contributed by atoms with Crippen LogP contribution in [0.2, 0.25) is 0 Å². The summed E-state index contributed by atoms with van der Waals surface area (Å²) >= 11 is 0. The van der Waals surface area contributed by atoms with Crippen LogP contribution in [0.25, 0.3) is 0 Å². The monoisotopic (exact) mass is 261 g/mol. The quantitative estimate of drug-likeness (QED) is 0.831. The summed E-state index contributed by atoms with van der Waals surface area (Å²) in [5.74, 6) is 0.116. The fraction of sp³-hybridized carbons (Fsp3) is 0.333. The maximum atomic E-state index is 12.0.